The Bertz CT molecular complexity index is 198. The number of hydrogen-bond acceptors (Lipinski definition) is 2. The molecule has 12 heavy (non-hydrogen) atoms. The molecule has 0 aromatic carbocycles. The third-order valence-electron chi connectivity index (χ3n) is 1.65. The highest BCUT2D eigenvalue weighted by Crippen LogP contribution is 2.21. The van der Waals surface area contributed by atoms with E-state index < -0.39 is 5.79 Å². The van der Waals surface area contributed by atoms with Gasteiger partial charge < -0.3 is 9.47 Å². The van der Waals surface area contributed by atoms with Crippen LogP contribution in [0.5, 0.6) is 0 Å². The van der Waals surface area contributed by atoms with Crippen molar-refractivity contribution in [2.75, 3.05) is 6.61 Å². The number of hydrogen-bond donors (Lipinski definition) is 0. The van der Waals surface area contributed by atoms with Gasteiger partial charge in [0.05, 0.1) is 6.61 Å². The fourth-order valence-corrected chi connectivity index (χ4v) is 1.07. The fourth-order valence-electron chi connectivity index (χ4n) is 1.07. The van der Waals surface area contributed by atoms with E-state index in [-0.39, 0.29) is 6.10 Å². The minimum absolute atomic E-state index is 0.0217. The van der Waals surface area contributed by atoms with Crippen LogP contribution in [0.15, 0.2) is 0 Å². The molecule has 1 heterocycles. The second kappa shape index (κ2) is 3.93. The molecule has 2 nitrogen and oxygen atoms in total. The van der Waals surface area contributed by atoms with Gasteiger partial charge >= 0.3 is 0 Å². The Morgan fingerprint density at radius 1 is 1.50 bits per heavy atom. The third-order valence-corrected chi connectivity index (χ3v) is 1.65. The highest BCUT2D eigenvalue weighted by molar-refractivity contribution is 5.06. The van der Waals surface area contributed by atoms with E-state index in [0.717, 1.165) is 12.8 Å². The lowest BCUT2D eigenvalue weighted by Crippen LogP contribution is -2.20. The van der Waals surface area contributed by atoms with Gasteiger partial charge in [0, 0.05) is 6.42 Å². The lowest BCUT2D eigenvalue weighted by molar-refractivity contribution is -0.132. The lowest BCUT2D eigenvalue weighted by Gasteiger charge is -2.14. The van der Waals surface area contributed by atoms with Crippen LogP contribution in [-0.4, -0.2) is 18.5 Å². The Kier molecular flexibility index (Phi) is 3.13. The van der Waals surface area contributed by atoms with Crippen LogP contribution < -0.4 is 0 Å². The SMILES string of the molecule is CCCC#C[C@H]1COC(C)(C)O1. The Morgan fingerprint density at radius 2 is 2.25 bits per heavy atom. The zero-order valence-electron chi connectivity index (χ0n) is 8.02. The summed E-state index contributed by atoms with van der Waals surface area (Å²) in [7, 11) is 0. The van der Waals surface area contributed by atoms with Crippen molar-refractivity contribution in [3.63, 3.8) is 0 Å². The molecule has 0 radical (unpaired) electrons. The summed E-state index contributed by atoms with van der Waals surface area (Å²) in [6.45, 7) is 6.54. The third kappa shape index (κ3) is 2.84. The maximum atomic E-state index is 5.50. The summed E-state index contributed by atoms with van der Waals surface area (Å²) >= 11 is 0. The zero-order chi connectivity index (χ0) is 9.03. The Morgan fingerprint density at radius 3 is 2.75 bits per heavy atom. The van der Waals surface area contributed by atoms with Gasteiger partial charge in [-0.05, 0) is 20.3 Å². The molecule has 1 aliphatic rings. The van der Waals surface area contributed by atoms with Crippen LogP contribution in [0.25, 0.3) is 0 Å². The summed E-state index contributed by atoms with van der Waals surface area (Å²) in [5.74, 6) is 5.66. The van der Waals surface area contributed by atoms with E-state index >= 15 is 0 Å². The largest absolute Gasteiger partial charge is 0.347 e. The molecule has 0 unspecified atom stereocenters. The van der Waals surface area contributed by atoms with Crippen LogP contribution in [-0.2, 0) is 9.47 Å². The zero-order valence-corrected chi connectivity index (χ0v) is 8.02. The summed E-state index contributed by atoms with van der Waals surface area (Å²) in [6, 6.07) is 0. The average Bonchev–Trinajstić information content (AvgIpc) is 2.31. The van der Waals surface area contributed by atoms with E-state index in [2.05, 4.69) is 18.8 Å². The van der Waals surface area contributed by atoms with Gasteiger partial charge in [0.2, 0.25) is 0 Å². The molecule has 0 bridgehead atoms. The van der Waals surface area contributed by atoms with Crippen molar-refractivity contribution in [2.45, 2.75) is 45.5 Å². The minimum atomic E-state index is -0.439. The Labute approximate surface area is 74.2 Å². The van der Waals surface area contributed by atoms with Crippen LogP contribution >= 0.6 is 0 Å². The first-order valence-electron chi connectivity index (χ1n) is 4.44. The molecule has 0 aliphatic carbocycles. The van der Waals surface area contributed by atoms with E-state index in [4.69, 9.17) is 9.47 Å². The molecule has 1 rings (SSSR count). The molecular formula is C10H16O2. The lowest BCUT2D eigenvalue weighted by atomic mass is 10.3. The smallest absolute Gasteiger partial charge is 0.164 e. The fraction of sp³-hybridized carbons (Fsp3) is 0.800. The van der Waals surface area contributed by atoms with Crippen molar-refractivity contribution < 1.29 is 9.47 Å². The standard InChI is InChI=1S/C10H16O2/c1-4-5-6-7-9-8-11-10(2,3)12-9/h9H,4-5,8H2,1-3H3/t9-/m0/s1. The van der Waals surface area contributed by atoms with Gasteiger partial charge in [-0.15, -0.1) is 5.92 Å². The van der Waals surface area contributed by atoms with Crippen molar-refractivity contribution in [3.05, 3.63) is 0 Å². The predicted molar refractivity (Wildman–Crippen MR) is 47.6 cm³/mol. The summed E-state index contributed by atoms with van der Waals surface area (Å²) in [6.07, 6.45) is 2.02. The first-order valence-corrected chi connectivity index (χ1v) is 4.44. The quantitative estimate of drug-likeness (QED) is 0.557. The molecule has 1 saturated heterocycles. The second-order valence-electron chi connectivity index (χ2n) is 3.39. The van der Waals surface area contributed by atoms with Crippen molar-refractivity contribution in [2.24, 2.45) is 0 Å². The van der Waals surface area contributed by atoms with E-state index in [1.54, 1.807) is 0 Å². The summed E-state index contributed by atoms with van der Waals surface area (Å²) in [5, 5.41) is 0. The molecule has 1 aliphatic heterocycles. The van der Waals surface area contributed by atoms with Gasteiger partial charge in [0.1, 0.15) is 6.10 Å². The predicted octanol–water partition coefficient (Wildman–Crippen LogP) is 1.94. The van der Waals surface area contributed by atoms with Crippen molar-refractivity contribution >= 4 is 0 Å². The maximum Gasteiger partial charge on any atom is 0.164 e. The van der Waals surface area contributed by atoms with Gasteiger partial charge in [0.15, 0.2) is 5.79 Å². The highest BCUT2D eigenvalue weighted by Gasteiger charge is 2.31. The van der Waals surface area contributed by atoms with Gasteiger partial charge in [0.25, 0.3) is 0 Å². The van der Waals surface area contributed by atoms with Crippen molar-refractivity contribution in [3.8, 4) is 11.8 Å². The molecular weight excluding hydrogens is 152 g/mol. The normalized spacial score (nSPS) is 26.4. The molecule has 1 atom stereocenters. The van der Waals surface area contributed by atoms with Gasteiger partial charge in [-0.1, -0.05) is 12.8 Å². The summed E-state index contributed by atoms with van der Waals surface area (Å²) in [4.78, 5) is 0. The van der Waals surface area contributed by atoms with Crippen LogP contribution in [0.2, 0.25) is 0 Å². The first kappa shape index (κ1) is 9.57. The summed E-state index contributed by atoms with van der Waals surface area (Å²) in [5.41, 5.74) is 0. The number of rotatable bonds is 1. The van der Waals surface area contributed by atoms with Crippen LogP contribution in [0.3, 0.4) is 0 Å². The summed E-state index contributed by atoms with van der Waals surface area (Å²) < 4.78 is 10.9. The molecule has 0 N–H and O–H groups in total. The second-order valence-corrected chi connectivity index (χ2v) is 3.39. The van der Waals surface area contributed by atoms with Crippen LogP contribution in [0.4, 0.5) is 0 Å². The van der Waals surface area contributed by atoms with Gasteiger partial charge in [-0.3, -0.25) is 0 Å². The van der Waals surface area contributed by atoms with Gasteiger partial charge in [-0.25, -0.2) is 0 Å². The molecule has 1 fully saturated rings. The van der Waals surface area contributed by atoms with E-state index in [1.165, 1.54) is 0 Å². The van der Waals surface area contributed by atoms with E-state index in [1.807, 2.05) is 13.8 Å². The monoisotopic (exact) mass is 168 g/mol. The minimum Gasteiger partial charge on any atom is -0.347 e. The topological polar surface area (TPSA) is 18.5 Å². The molecule has 0 spiro atoms. The van der Waals surface area contributed by atoms with Crippen molar-refractivity contribution in [1.29, 1.82) is 0 Å². The molecule has 2 heteroatoms. The number of ether oxygens (including phenoxy) is 2. The molecule has 0 aromatic rings. The molecule has 0 saturated carbocycles. The van der Waals surface area contributed by atoms with E-state index in [0.29, 0.717) is 6.61 Å². The molecule has 0 aromatic heterocycles. The maximum absolute atomic E-state index is 5.50. The highest BCUT2D eigenvalue weighted by atomic mass is 16.7. The average molecular weight is 168 g/mol. The first-order chi connectivity index (χ1) is 5.64. The van der Waals surface area contributed by atoms with Gasteiger partial charge in [-0.2, -0.15) is 0 Å². The molecule has 68 valence electrons. The van der Waals surface area contributed by atoms with E-state index in [9.17, 15) is 0 Å². The Hall–Kier alpha value is -0.520. The molecule has 0 amide bonds. The van der Waals surface area contributed by atoms with Crippen molar-refractivity contribution in [1.82, 2.24) is 0 Å². The number of unbranched alkanes of at least 4 members (excludes halogenated alkanes) is 1. The van der Waals surface area contributed by atoms with Crippen LogP contribution in [0.1, 0.15) is 33.6 Å². The Balaban J connectivity index is 2.34. The van der Waals surface area contributed by atoms with Crippen LogP contribution in [0, 0.1) is 11.8 Å².